The van der Waals surface area contributed by atoms with E-state index in [1.165, 1.54) is 21.4 Å². The van der Waals surface area contributed by atoms with E-state index in [0.29, 0.717) is 0 Å². The van der Waals surface area contributed by atoms with Crippen molar-refractivity contribution in [2.24, 2.45) is 0 Å². The number of quaternary nitrogens is 1. The van der Waals surface area contributed by atoms with E-state index < -0.39 is 0 Å². The topological polar surface area (TPSA) is 47.5 Å². The number of thiophene rings is 1. The van der Waals surface area contributed by atoms with Crippen LogP contribution < -0.4 is 4.90 Å². The van der Waals surface area contributed by atoms with Crippen LogP contribution in [0.25, 0.3) is 15.9 Å². The van der Waals surface area contributed by atoms with E-state index in [2.05, 4.69) is 40.4 Å². The highest BCUT2D eigenvalue weighted by Crippen LogP contribution is 2.33. The summed E-state index contributed by atoms with van der Waals surface area (Å²) >= 11 is 1.83. The molecule has 1 N–H and O–H groups in total. The Kier molecular flexibility index (Phi) is 3.14. The maximum Gasteiger partial charge on any atom is 0.167 e. The highest BCUT2D eigenvalue weighted by atomic mass is 32.1. The highest BCUT2D eigenvalue weighted by Gasteiger charge is 2.26. The predicted molar refractivity (Wildman–Crippen MR) is 94.3 cm³/mol. The third-order valence-electron chi connectivity index (χ3n) is 4.85. The van der Waals surface area contributed by atoms with Crippen LogP contribution >= 0.6 is 11.3 Å². The lowest BCUT2D eigenvalue weighted by Gasteiger charge is -2.24. The first-order valence-corrected chi connectivity index (χ1v) is 9.09. The maximum atomic E-state index is 4.76. The van der Waals surface area contributed by atoms with Crippen molar-refractivity contribution in [3.8, 4) is 0 Å². The van der Waals surface area contributed by atoms with E-state index in [0.717, 1.165) is 42.4 Å². The predicted octanol–water partition coefficient (Wildman–Crippen LogP) is 1.79. The number of fused-ring (bicyclic) bond motifs is 5. The normalized spacial score (nSPS) is 17.5. The average molecular weight is 336 g/mol. The Labute approximate surface area is 143 Å². The number of nitrogens with zero attached hydrogens (tertiary/aromatic N) is 4. The second-order valence-corrected chi connectivity index (χ2v) is 7.51. The van der Waals surface area contributed by atoms with Crippen LogP contribution in [0.3, 0.4) is 0 Å². The maximum absolute atomic E-state index is 4.76. The summed E-state index contributed by atoms with van der Waals surface area (Å²) in [7, 11) is 0. The van der Waals surface area contributed by atoms with Gasteiger partial charge in [0.2, 0.25) is 0 Å². The SMILES string of the molecule is Cc1nc2sc3c(c2c2ncnn12)CC[NH+](Cc1ccccc1)C3. The van der Waals surface area contributed by atoms with Crippen molar-refractivity contribution in [1.29, 1.82) is 0 Å². The number of benzene rings is 1. The van der Waals surface area contributed by atoms with Gasteiger partial charge in [-0.15, -0.1) is 11.3 Å². The number of hydrogen-bond acceptors (Lipinski definition) is 4. The van der Waals surface area contributed by atoms with Crippen molar-refractivity contribution in [2.75, 3.05) is 6.54 Å². The van der Waals surface area contributed by atoms with Crippen molar-refractivity contribution in [2.45, 2.75) is 26.4 Å². The van der Waals surface area contributed by atoms with E-state index in [1.54, 1.807) is 11.2 Å². The first-order valence-electron chi connectivity index (χ1n) is 8.27. The third kappa shape index (κ3) is 2.14. The second kappa shape index (κ2) is 5.36. The molecule has 0 fully saturated rings. The molecule has 0 bridgehead atoms. The van der Waals surface area contributed by atoms with E-state index in [4.69, 9.17) is 4.98 Å². The molecule has 1 aromatic carbocycles. The van der Waals surface area contributed by atoms with E-state index in [1.807, 2.05) is 22.8 Å². The van der Waals surface area contributed by atoms with Gasteiger partial charge in [-0.25, -0.2) is 9.97 Å². The smallest absolute Gasteiger partial charge is 0.167 e. The molecule has 1 aliphatic rings. The third-order valence-corrected chi connectivity index (χ3v) is 5.98. The van der Waals surface area contributed by atoms with E-state index >= 15 is 0 Å². The quantitative estimate of drug-likeness (QED) is 0.607. The van der Waals surface area contributed by atoms with Gasteiger partial charge in [-0.1, -0.05) is 30.3 Å². The summed E-state index contributed by atoms with van der Waals surface area (Å²) in [4.78, 5) is 13.4. The molecule has 6 heteroatoms. The molecule has 0 spiro atoms. The molecule has 5 nitrogen and oxygen atoms in total. The number of hydrogen-bond donors (Lipinski definition) is 1. The summed E-state index contributed by atoms with van der Waals surface area (Å²) in [6.45, 7) is 5.31. The molecule has 1 atom stereocenters. The molecule has 3 aromatic heterocycles. The number of aryl methyl sites for hydroxylation is 1. The summed E-state index contributed by atoms with van der Waals surface area (Å²) in [6, 6.07) is 10.8. The van der Waals surface area contributed by atoms with Gasteiger partial charge in [0.05, 0.1) is 16.8 Å². The summed E-state index contributed by atoms with van der Waals surface area (Å²) in [6.07, 6.45) is 2.72. The van der Waals surface area contributed by atoms with Crippen LogP contribution in [0.1, 0.15) is 21.8 Å². The molecular weight excluding hydrogens is 318 g/mol. The molecule has 1 aliphatic heterocycles. The monoisotopic (exact) mass is 336 g/mol. The minimum atomic E-state index is 0.905. The summed E-state index contributed by atoms with van der Waals surface area (Å²) in [5.74, 6) is 0.905. The molecule has 4 heterocycles. The fourth-order valence-electron chi connectivity index (χ4n) is 3.71. The molecule has 120 valence electrons. The van der Waals surface area contributed by atoms with Crippen LogP contribution in [0.4, 0.5) is 0 Å². The molecule has 5 rings (SSSR count). The van der Waals surface area contributed by atoms with Crippen LogP contribution in [0.15, 0.2) is 36.7 Å². The Hall–Kier alpha value is -2.31. The standard InChI is InChI=1S/C18H17N5S/c1-12-21-18-16(17-19-11-20-23(12)17)14-7-8-22(10-15(14)24-18)9-13-5-3-2-4-6-13/h2-6,11H,7-10H2,1H3/p+1. The summed E-state index contributed by atoms with van der Waals surface area (Å²) in [5.41, 5.74) is 3.81. The fourth-order valence-corrected chi connectivity index (χ4v) is 5.04. The largest absolute Gasteiger partial charge is 0.326 e. The van der Waals surface area contributed by atoms with E-state index in [-0.39, 0.29) is 0 Å². The van der Waals surface area contributed by atoms with Crippen LogP contribution in [0, 0.1) is 6.92 Å². The Morgan fingerprint density at radius 1 is 1.25 bits per heavy atom. The molecule has 0 aliphatic carbocycles. The zero-order valence-corrected chi connectivity index (χ0v) is 14.3. The second-order valence-electron chi connectivity index (χ2n) is 6.43. The molecular formula is C18H18N5S+. The number of rotatable bonds is 2. The number of aromatic nitrogens is 4. The molecule has 4 aromatic rings. The molecule has 24 heavy (non-hydrogen) atoms. The zero-order valence-electron chi connectivity index (χ0n) is 13.5. The Bertz CT molecular complexity index is 1030. The number of nitrogens with one attached hydrogen (secondary N) is 1. The highest BCUT2D eigenvalue weighted by molar-refractivity contribution is 7.19. The lowest BCUT2D eigenvalue weighted by Crippen LogP contribution is -3.10. The first kappa shape index (κ1) is 14.1. The lowest BCUT2D eigenvalue weighted by atomic mass is 10.0. The van der Waals surface area contributed by atoms with Gasteiger partial charge in [0.15, 0.2) is 5.65 Å². The molecule has 0 amide bonds. The average Bonchev–Trinajstić information content (AvgIpc) is 3.19. The van der Waals surface area contributed by atoms with Crippen molar-refractivity contribution >= 4 is 27.2 Å². The minimum absolute atomic E-state index is 0.905. The van der Waals surface area contributed by atoms with Crippen molar-refractivity contribution in [1.82, 2.24) is 19.6 Å². The van der Waals surface area contributed by atoms with Gasteiger partial charge in [-0.3, -0.25) is 0 Å². The first-order chi connectivity index (χ1) is 11.8. The van der Waals surface area contributed by atoms with Gasteiger partial charge < -0.3 is 4.90 Å². The fraction of sp³-hybridized carbons (Fsp3) is 0.278. The molecule has 0 saturated carbocycles. The molecule has 0 radical (unpaired) electrons. The Morgan fingerprint density at radius 2 is 2.12 bits per heavy atom. The van der Waals surface area contributed by atoms with Crippen molar-refractivity contribution in [3.63, 3.8) is 0 Å². The van der Waals surface area contributed by atoms with Gasteiger partial charge in [-0.05, 0) is 12.5 Å². The van der Waals surface area contributed by atoms with E-state index in [9.17, 15) is 0 Å². The minimum Gasteiger partial charge on any atom is -0.326 e. The Balaban J connectivity index is 1.55. The summed E-state index contributed by atoms with van der Waals surface area (Å²) in [5, 5.41) is 5.53. The van der Waals surface area contributed by atoms with Gasteiger partial charge in [0.1, 0.15) is 30.1 Å². The zero-order chi connectivity index (χ0) is 16.1. The van der Waals surface area contributed by atoms with Crippen LogP contribution in [-0.2, 0) is 19.5 Å². The Morgan fingerprint density at radius 3 is 3.00 bits per heavy atom. The van der Waals surface area contributed by atoms with Gasteiger partial charge in [0, 0.05) is 12.0 Å². The van der Waals surface area contributed by atoms with Gasteiger partial charge in [0.25, 0.3) is 0 Å². The van der Waals surface area contributed by atoms with Crippen LogP contribution in [0.5, 0.6) is 0 Å². The van der Waals surface area contributed by atoms with Crippen LogP contribution in [0.2, 0.25) is 0 Å². The van der Waals surface area contributed by atoms with Gasteiger partial charge >= 0.3 is 0 Å². The van der Waals surface area contributed by atoms with Gasteiger partial charge in [-0.2, -0.15) is 9.61 Å². The summed E-state index contributed by atoms with van der Waals surface area (Å²) < 4.78 is 1.86. The lowest BCUT2D eigenvalue weighted by molar-refractivity contribution is -0.929. The molecule has 0 saturated heterocycles. The van der Waals surface area contributed by atoms with Crippen molar-refractivity contribution in [3.05, 3.63) is 58.5 Å². The van der Waals surface area contributed by atoms with Crippen LogP contribution in [-0.4, -0.2) is 26.1 Å². The van der Waals surface area contributed by atoms with Crippen molar-refractivity contribution < 1.29 is 4.90 Å². The molecule has 1 unspecified atom stereocenters.